The Kier molecular flexibility index (Phi) is 6.67. The fourth-order valence-corrected chi connectivity index (χ4v) is 5.03. The van der Waals surface area contributed by atoms with Crippen molar-refractivity contribution in [2.75, 3.05) is 12.4 Å². The van der Waals surface area contributed by atoms with E-state index in [0.717, 1.165) is 36.1 Å². The maximum absolute atomic E-state index is 13.0. The van der Waals surface area contributed by atoms with Crippen molar-refractivity contribution in [1.82, 2.24) is 4.98 Å². The molecule has 2 N–H and O–H groups in total. The van der Waals surface area contributed by atoms with Gasteiger partial charge in [0.05, 0.1) is 29.4 Å². The number of aryl methyl sites for hydroxylation is 2. The van der Waals surface area contributed by atoms with E-state index in [1.165, 1.54) is 11.8 Å². The second kappa shape index (κ2) is 9.81. The summed E-state index contributed by atoms with van der Waals surface area (Å²) < 4.78 is 11.1. The van der Waals surface area contributed by atoms with E-state index in [1.54, 1.807) is 6.92 Å². The number of allylic oxidation sites excluding steroid dienone is 1. The van der Waals surface area contributed by atoms with Crippen LogP contribution in [0.1, 0.15) is 41.6 Å². The molecule has 33 heavy (non-hydrogen) atoms. The fourth-order valence-electron chi connectivity index (χ4n) is 4.11. The Bertz CT molecular complexity index is 1240. The topological polar surface area (TPSA) is 122 Å². The van der Waals surface area contributed by atoms with Crippen molar-refractivity contribution in [3.05, 3.63) is 81.6 Å². The number of carbonyl (C=O) groups excluding carboxylic acids is 1. The van der Waals surface area contributed by atoms with E-state index in [9.17, 15) is 15.3 Å². The highest BCUT2D eigenvalue weighted by atomic mass is 32.2. The predicted molar refractivity (Wildman–Crippen MR) is 122 cm³/mol. The van der Waals surface area contributed by atoms with Gasteiger partial charge in [-0.3, -0.25) is 0 Å². The Hall–Kier alpha value is -3.75. The summed E-state index contributed by atoms with van der Waals surface area (Å²) in [4.78, 5) is 17.7. The molecular formula is C25H22N4O3S. The Balaban J connectivity index is 1.75. The van der Waals surface area contributed by atoms with Gasteiger partial charge in [0.1, 0.15) is 28.5 Å². The minimum Gasteiger partial charge on any atom is -0.463 e. The van der Waals surface area contributed by atoms with Gasteiger partial charge >= 0.3 is 5.97 Å². The number of fused-ring (bicyclic) bond motifs is 1. The minimum absolute atomic E-state index is 0.0441. The Labute approximate surface area is 196 Å². The number of rotatable bonds is 6. The third kappa shape index (κ3) is 4.44. The van der Waals surface area contributed by atoms with Crippen LogP contribution in [0.25, 0.3) is 0 Å². The van der Waals surface area contributed by atoms with Gasteiger partial charge in [-0.25, -0.2) is 9.78 Å². The molecule has 2 aliphatic rings. The monoisotopic (exact) mass is 458 g/mol. The summed E-state index contributed by atoms with van der Waals surface area (Å²) in [5.74, 6) is -0.808. The van der Waals surface area contributed by atoms with E-state index < -0.39 is 11.9 Å². The summed E-state index contributed by atoms with van der Waals surface area (Å²) >= 11 is 1.31. The minimum atomic E-state index is -0.706. The van der Waals surface area contributed by atoms with Crippen LogP contribution in [-0.4, -0.2) is 23.3 Å². The lowest BCUT2D eigenvalue weighted by Gasteiger charge is -2.28. The molecular weight excluding hydrogens is 436 g/mol. The summed E-state index contributed by atoms with van der Waals surface area (Å²) in [6.45, 7) is 1.90. The number of nitriles is 2. The molecule has 1 aliphatic heterocycles. The maximum Gasteiger partial charge on any atom is 0.338 e. The van der Waals surface area contributed by atoms with Crippen molar-refractivity contribution in [2.24, 2.45) is 5.73 Å². The number of hydrogen-bond acceptors (Lipinski definition) is 8. The summed E-state index contributed by atoms with van der Waals surface area (Å²) in [5, 5.41) is 20.0. The van der Waals surface area contributed by atoms with Gasteiger partial charge in [0.15, 0.2) is 0 Å². The molecule has 4 rings (SSSR count). The molecule has 7 nitrogen and oxygen atoms in total. The van der Waals surface area contributed by atoms with Crippen LogP contribution in [0, 0.1) is 22.7 Å². The number of aromatic nitrogens is 1. The van der Waals surface area contributed by atoms with E-state index in [0.29, 0.717) is 16.3 Å². The highest BCUT2D eigenvalue weighted by molar-refractivity contribution is 7.99. The summed E-state index contributed by atoms with van der Waals surface area (Å²) in [5.41, 5.74) is 9.87. The molecule has 2 heterocycles. The number of nitrogens with zero attached hydrogens (tertiary/aromatic N) is 3. The highest BCUT2D eigenvalue weighted by Crippen LogP contribution is 2.41. The third-order valence-electron chi connectivity index (χ3n) is 5.60. The number of pyridine rings is 1. The molecule has 0 saturated heterocycles. The highest BCUT2D eigenvalue weighted by Gasteiger charge is 2.37. The smallest absolute Gasteiger partial charge is 0.338 e. The van der Waals surface area contributed by atoms with Crippen LogP contribution in [0.2, 0.25) is 0 Å². The lowest BCUT2D eigenvalue weighted by atomic mass is 9.83. The van der Waals surface area contributed by atoms with E-state index in [1.807, 2.05) is 36.4 Å². The number of hydrogen-bond donors (Lipinski definition) is 1. The van der Waals surface area contributed by atoms with E-state index in [4.69, 9.17) is 20.2 Å². The molecule has 8 heteroatoms. The van der Waals surface area contributed by atoms with Crippen molar-refractivity contribution in [3.8, 4) is 12.1 Å². The Morgan fingerprint density at radius 2 is 2.06 bits per heavy atom. The zero-order chi connectivity index (χ0) is 23.4. The molecule has 0 bridgehead atoms. The van der Waals surface area contributed by atoms with Crippen LogP contribution in [0.3, 0.4) is 0 Å². The first-order valence-electron chi connectivity index (χ1n) is 10.7. The maximum atomic E-state index is 13.0. The van der Waals surface area contributed by atoms with Crippen molar-refractivity contribution < 1.29 is 14.3 Å². The number of esters is 1. The zero-order valence-electron chi connectivity index (χ0n) is 18.1. The van der Waals surface area contributed by atoms with Gasteiger partial charge in [0.25, 0.3) is 0 Å². The van der Waals surface area contributed by atoms with Crippen LogP contribution < -0.4 is 5.73 Å². The molecule has 0 radical (unpaired) electrons. The van der Waals surface area contributed by atoms with Crippen molar-refractivity contribution in [2.45, 2.75) is 37.1 Å². The molecule has 1 aliphatic carbocycles. The number of thioether (sulfide) groups is 1. The molecule has 0 fully saturated rings. The number of benzene rings is 1. The van der Waals surface area contributed by atoms with E-state index >= 15 is 0 Å². The van der Waals surface area contributed by atoms with Crippen molar-refractivity contribution in [1.29, 1.82) is 10.5 Å². The van der Waals surface area contributed by atoms with Gasteiger partial charge in [0.2, 0.25) is 5.88 Å². The first-order valence-corrected chi connectivity index (χ1v) is 11.6. The molecule has 1 atom stereocenters. The van der Waals surface area contributed by atoms with Crippen LogP contribution in [0.4, 0.5) is 0 Å². The van der Waals surface area contributed by atoms with Crippen LogP contribution >= 0.6 is 11.8 Å². The number of nitrogens with two attached hydrogens (primary N) is 1. The predicted octanol–water partition coefficient (Wildman–Crippen LogP) is 3.86. The lowest BCUT2D eigenvalue weighted by Crippen LogP contribution is -2.27. The molecule has 166 valence electrons. The van der Waals surface area contributed by atoms with Gasteiger partial charge in [-0.05, 0) is 43.4 Å². The SMILES string of the molecule is CCOC(=O)C1=C(CSc2nc3c(cc2C#N)CCC3)OC(N)=C(C#N)[C@H]1c1ccccc1. The van der Waals surface area contributed by atoms with Gasteiger partial charge in [-0.2, -0.15) is 10.5 Å². The van der Waals surface area contributed by atoms with Crippen molar-refractivity contribution in [3.63, 3.8) is 0 Å². The summed E-state index contributed by atoms with van der Waals surface area (Å²) in [7, 11) is 0. The zero-order valence-corrected chi connectivity index (χ0v) is 18.9. The van der Waals surface area contributed by atoms with Gasteiger partial charge < -0.3 is 15.2 Å². The molecule has 0 unspecified atom stereocenters. The largest absolute Gasteiger partial charge is 0.463 e. The van der Waals surface area contributed by atoms with Gasteiger partial charge in [0, 0.05) is 5.69 Å². The van der Waals surface area contributed by atoms with E-state index in [-0.39, 0.29) is 29.4 Å². The summed E-state index contributed by atoms with van der Waals surface area (Å²) in [6.07, 6.45) is 2.85. The van der Waals surface area contributed by atoms with Crippen LogP contribution in [0.5, 0.6) is 0 Å². The quantitative estimate of drug-likeness (QED) is 0.511. The average Bonchev–Trinajstić information content (AvgIpc) is 3.29. The average molecular weight is 459 g/mol. The standard InChI is InChI=1S/C25H22N4O3S/c1-2-31-25(30)22-20(14-33-24-17(12-26)11-16-9-6-10-19(16)29-24)32-23(28)18(13-27)21(22)15-7-4-3-5-8-15/h3-5,7-8,11,21H,2,6,9-10,14,28H2,1H3/t21-/m1/s1. The van der Waals surface area contributed by atoms with Crippen LogP contribution in [0.15, 0.2) is 64.2 Å². The van der Waals surface area contributed by atoms with Gasteiger partial charge in [-0.1, -0.05) is 42.1 Å². The van der Waals surface area contributed by atoms with Gasteiger partial charge in [-0.15, -0.1) is 0 Å². The molecule has 0 spiro atoms. The molecule has 0 saturated carbocycles. The molecule has 1 aromatic carbocycles. The Morgan fingerprint density at radius 1 is 1.27 bits per heavy atom. The first-order chi connectivity index (χ1) is 16.1. The Morgan fingerprint density at radius 3 is 2.76 bits per heavy atom. The second-order valence-electron chi connectivity index (χ2n) is 7.59. The number of carbonyl (C=O) groups is 1. The second-order valence-corrected chi connectivity index (χ2v) is 8.56. The number of ether oxygens (including phenoxy) is 2. The molecule has 2 aromatic rings. The van der Waals surface area contributed by atoms with Crippen molar-refractivity contribution >= 4 is 17.7 Å². The molecule has 1 aromatic heterocycles. The normalized spacial score (nSPS) is 17.1. The third-order valence-corrected chi connectivity index (χ3v) is 6.59. The molecule has 0 amide bonds. The fraction of sp³-hybridized carbons (Fsp3) is 0.280. The first kappa shape index (κ1) is 22.4. The van der Waals surface area contributed by atoms with E-state index in [2.05, 4.69) is 12.1 Å². The summed E-state index contributed by atoms with van der Waals surface area (Å²) in [6, 6.07) is 15.4. The lowest BCUT2D eigenvalue weighted by molar-refractivity contribution is -0.139. The van der Waals surface area contributed by atoms with Crippen LogP contribution in [-0.2, 0) is 27.1 Å².